The van der Waals surface area contributed by atoms with Gasteiger partial charge in [0.15, 0.2) is 0 Å². The number of sulfonamides is 1. The number of rotatable bonds is 8. The fourth-order valence-corrected chi connectivity index (χ4v) is 3.48. The van der Waals surface area contributed by atoms with Crippen molar-refractivity contribution in [2.75, 3.05) is 45.9 Å². The third kappa shape index (κ3) is 5.24. The van der Waals surface area contributed by atoms with Crippen LogP contribution in [0.25, 0.3) is 0 Å². The molecule has 6 nitrogen and oxygen atoms in total. The van der Waals surface area contributed by atoms with E-state index in [0.29, 0.717) is 18.9 Å². The van der Waals surface area contributed by atoms with Gasteiger partial charge in [0.05, 0.1) is 11.5 Å². The number of hydrogen-bond acceptors (Lipinski definition) is 5. The molecule has 1 heterocycles. The minimum absolute atomic E-state index is 0.276. The zero-order valence-electron chi connectivity index (χ0n) is 13.0. The van der Waals surface area contributed by atoms with E-state index in [0.717, 1.165) is 39.1 Å². The van der Waals surface area contributed by atoms with E-state index in [1.54, 1.807) is 24.3 Å². The predicted molar refractivity (Wildman–Crippen MR) is 86.7 cm³/mol. The first kappa shape index (κ1) is 17.2. The summed E-state index contributed by atoms with van der Waals surface area (Å²) in [5.74, 6) is 0.681. The number of hydrogen-bond donors (Lipinski definition) is 2. The second-order valence-corrected chi connectivity index (χ2v) is 7.01. The summed E-state index contributed by atoms with van der Waals surface area (Å²) in [4.78, 5) is 2.62. The van der Waals surface area contributed by atoms with Gasteiger partial charge in [-0.1, -0.05) is 0 Å². The number of nitrogens with zero attached hydrogens (tertiary/aromatic N) is 1. The minimum atomic E-state index is -3.43. The van der Waals surface area contributed by atoms with Gasteiger partial charge in [-0.25, -0.2) is 13.1 Å². The molecule has 0 unspecified atom stereocenters. The summed E-state index contributed by atoms with van der Waals surface area (Å²) in [5, 5.41) is 3.30. The third-order valence-corrected chi connectivity index (χ3v) is 5.07. The maximum atomic E-state index is 12.2. The first-order valence-electron chi connectivity index (χ1n) is 7.77. The van der Waals surface area contributed by atoms with Gasteiger partial charge in [-0.2, -0.15) is 0 Å². The van der Waals surface area contributed by atoms with Crippen molar-refractivity contribution < 1.29 is 13.2 Å². The van der Waals surface area contributed by atoms with Gasteiger partial charge >= 0.3 is 0 Å². The van der Waals surface area contributed by atoms with Gasteiger partial charge in [-0.15, -0.1) is 0 Å². The number of piperazine rings is 1. The highest BCUT2D eigenvalue weighted by atomic mass is 32.2. The molecule has 22 heavy (non-hydrogen) atoms. The van der Waals surface area contributed by atoms with Crippen LogP contribution in [-0.2, 0) is 10.0 Å². The molecule has 7 heteroatoms. The lowest BCUT2D eigenvalue weighted by Crippen LogP contribution is -2.44. The Morgan fingerprint density at radius 3 is 2.55 bits per heavy atom. The van der Waals surface area contributed by atoms with E-state index in [1.165, 1.54) is 0 Å². The van der Waals surface area contributed by atoms with Crippen LogP contribution < -0.4 is 14.8 Å². The average Bonchev–Trinajstić information content (AvgIpc) is 2.53. The molecular weight excluding hydrogens is 302 g/mol. The van der Waals surface area contributed by atoms with Crippen LogP contribution >= 0.6 is 0 Å². The molecule has 1 aliphatic heterocycles. The molecule has 0 spiro atoms. The zero-order valence-corrected chi connectivity index (χ0v) is 13.9. The average molecular weight is 327 g/mol. The zero-order chi connectivity index (χ0) is 15.8. The van der Waals surface area contributed by atoms with Crippen molar-refractivity contribution in [2.24, 2.45) is 0 Å². The molecule has 2 rings (SSSR count). The maximum Gasteiger partial charge on any atom is 0.240 e. The van der Waals surface area contributed by atoms with Crippen molar-refractivity contribution in [1.82, 2.24) is 14.9 Å². The van der Waals surface area contributed by atoms with Crippen LogP contribution in [0.1, 0.15) is 13.3 Å². The first-order chi connectivity index (χ1) is 10.6. The van der Waals surface area contributed by atoms with Gasteiger partial charge in [0.1, 0.15) is 5.75 Å². The normalized spacial score (nSPS) is 16.6. The van der Waals surface area contributed by atoms with E-state index in [9.17, 15) is 8.42 Å². The summed E-state index contributed by atoms with van der Waals surface area (Å²) >= 11 is 0. The van der Waals surface area contributed by atoms with E-state index in [2.05, 4.69) is 14.9 Å². The molecular formula is C15H25N3O3S. The summed E-state index contributed by atoms with van der Waals surface area (Å²) in [5.41, 5.74) is 0. The standard InChI is InChI=1S/C15H25N3O3S/c1-2-21-14-4-6-15(7-5-14)22(19,20)17-8-3-11-18-12-9-16-10-13-18/h4-7,16-17H,2-3,8-13H2,1H3. The predicted octanol–water partition coefficient (Wildman–Crippen LogP) is 0.659. The molecule has 0 bridgehead atoms. The fraction of sp³-hybridized carbons (Fsp3) is 0.600. The van der Waals surface area contributed by atoms with Gasteiger partial charge < -0.3 is 15.0 Å². The summed E-state index contributed by atoms with van der Waals surface area (Å²) < 4.78 is 32.3. The molecule has 1 saturated heterocycles. The lowest BCUT2D eigenvalue weighted by molar-refractivity contribution is 0.239. The van der Waals surface area contributed by atoms with Crippen molar-refractivity contribution in [3.8, 4) is 5.75 Å². The van der Waals surface area contributed by atoms with Crippen molar-refractivity contribution in [3.63, 3.8) is 0 Å². The van der Waals surface area contributed by atoms with Crippen LogP contribution in [0.15, 0.2) is 29.2 Å². The van der Waals surface area contributed by atoms with Crippen LogP contribution in [0.2, 0.25) is 0 Å². The van der Waals surface area contributed by atoms with Crippen LogP contribution in [0.3, 0.4) is 0 Å². The van der Waals surface area contributed by atoms with E-state index in [1.807, 2.05) is 6.92 Å². The molecule has 1 aromatic rings. The molecule has 0 saturated carbocycles. The largest absolute Gasteiger partial charge is 0.494 e. The van der Waals surface area contributed by atoms with Gasteiger partial charge in [0.25, 0.3) is 0 Å². The molecule has 0 aromatic heterocycles. The van der Waals surface area contributed by atoms with Gasteiger partial charge in [0.2, 0.25) is 10.0 Å². The number of ether oxygens (including phenoxy) is 1. The third-order valence-electron chi connectivity index (χ3n) is 3.60. The Hall–Kier alpha value is -1.15. The SMILES string of the molecule is CCOc1ccc(S(=O)(=O)NCCCN2CCNCC2)cc1. The highest BCUT2D eigenvalue weighted by Crippen LogP contribution is 2.15. The Morgan fingerprint density at radius 1 is 1.23 bits per heavy atom. The molecule has 1 fully saturated rings. The molecule has 2 N–H and O–H groups in total. The summed E-state index contributed by atoms with van der Waals surface area (Å²) in [6.45, 7) is 7.93. The summed E-state index contributed by atoms with van der Waals surface area (Å²) in [6.07, 6.45) is 0.816. The Morgan fingerprint density at radius 2 is 1.91 bits per heavy atom. The van der Waals surface area contributed by atoms with Crippen molar-refractivity contribution >= 4 is 10.0 Å². The molecule has 0 radical (unpaired) electrons. The molecule has 0 amide bonds. The highest BCUT2D eigenvalue weighted by Gasteiger charge is 2.14. The van der Waals surface area contributed by atoms with Crippen LogP contribution in [0.5, 0.6) is 5.75 Å². The topological polar surface area (TPSA) is 70.7 Å². The smallest absolute Gasteiger partial charge is 0.240 e. The summed E-state index contributed by atoms with van der Waals surface area (Å²) in [6, 6.07) is 6.50. The maximum absolute atomic E-state index is 12.2. The second-order valence-electron chi connectivity index (χ2n) is 5.25. The lowest BCUT2D eigenvalue weighted by atomic mass is 10.3. The monoisotopic (exact) mass is 327 g/mol. The first-order valence-corrected chi connectivity index (χ1v) is 9.26. The van der Waals surface area contributed by atoms with E-state index in [-0.39, 0.29) is 4.90 Å². The van der Waals surface area contributed by atoms with Crippen molar-refractivity contribution in [2.45, 2.75) is 18.2 Å². The van der Waals surface area contributed by atoms with Crippen LogP contribution in [0, 0.1) is 0 Å². The van der Waals surface area contributed by atoms with E-state index >= 15 is 0 Å². The molecule has 1 aliphatic rings. The summed E-state index contributed by atoms with van der Waals surface area (Å²) in [7, 11) is -3.43. The fourth-order valence-electron chi connectivity index (χ4n) is 2.41. The van der Waals surface area contributed by atoms with Crippen molar-refractivity contribution in [1.29, 1.82) is 0 Å². The van der Waals surface area contributed by atoms with Crippen LogP contribution in [0.4, 0.5) is 0 Å². The van der Waals surface area contributed by atoms with E-state index < -0.39 is 10.0 Å². The van der Waals surface area contributed by atoms with Crippen LogP contribution in [-0.4, -0.2) is 59.2 Å². The second kappa shape index (κ2) is 8.47. The Labute approximate surface area is 132 Å². The molecule has 0 atom stereocenters. The van der Waals surface area contributed by atoms with Gasteiger partial charge in [-0.05, 0) is 44.2 Å². The Bertz CT molecular complexity index is 540. The lowest BCUT2D eigenvalue weighted by Gasteiger charge is -2.27. The molecule has 1 aromatic carbocycles. The quantitative estimate of drug-likeness (QED) is 0.687. The minimum Gasteiger partial charge on any atom is -0.494 e. The number of nitrogens with one attached hydrogen (secondary N) is 2. The van der Waals surface area contributed by atoms with E-state index in [4.69, 9.17) is 4.74 Å². The van der Waals surface area contributed by atoms with Crippen molar-refractivity contribution in [3.05, 3.63) is 24.3 Å². The Balaban J connectivity index is 1.77. The highest BCUT2D eigenvalue weighted by molar-refractivity contribution is 7.89. The Kier molecular flexibility index (Phi) is 6.63. The van der Waals surface area contributed by atoms with Gasteiger partial charge in [-0.3, -0.25) is 0 Å². The number of benzene rings is 1. The van der Waals surface area contributed by atoms with Gasteiger partial charge in [0, 0.05) is 32.7 Å². The molecule has 124 valence electrons. The molecule has 0 aliphatic carbocycles.